The Balaban J connectivity index is 1.13. The summed E-state index contributed by atoms with van der Waals surface area (Å²) >= 11 is 0. The number of rotatable bonds is 8. The molecule has 2 unspecified atom stereocenters. The van der Waals surface area contributed by atoms with E-state index in [2.05, 4.69) is 298 Å². The zero-order chi connectivity index (χ0) is 66.5. The molecule has 13 rings (SSSR count). The van der Waals surface area contributed by atoms with Gasteiger partial charge in [0.25, 0.3) is 0 Å². The highest BCUT2D eigenvalue weighted by atomic mass is 31.1. The summed E-state index contributed by atoms with van der Waals surface area (Å²) in [5.41, 5.74) is 17.9. The Morgan fingerprint density at radius 2 is 0.652 bits per heavy atom. The summed E-state index contributed by atoms with van der Waals surface area (Å²) < 4.78 is 46.3. The molecule has 9 heteroatoms. The highest BCUT2D eigenvalue weighted by molar-refractivity contribution is 7.32. The van der Waals surface area contributed by atoms with E-state index in [1.165, 1.54) is 44.5 Å². The van der Waals surface area contributed by atoms with E-state index in [9.17, 15) is 0 Å². The first-order chi connectivity index (χ1) is 42.7. The first-order valence-corrected chi connectivity index (χ1v) is 36.2. The van der Waals surface area contributed by atoms with Gasteiger partial charge in [-0.15, -0.1) is 0 Å². The lowest BCUT2D eigenvalue weighted by Gasteiger charge is -2.48. The van der Waals surface area contributed by atoms with Crippen LogP contribution in [0.15, 0.2) is 144 Å². The number of hydrogen-bond donors (Lipinski definition) is 0. The third-order valence-corrected chi connectivity index (χ3v) is 22.5. The normalized spacial score (nSPS) is 19.0. The molecule has 7 aromatic carbocycles. The molecule has 0 radical (unpaired) electrons. The summed E-state index contributed by atoms with van der Waals surface area (Å²) in [6.07, 6.45) is -0.616. The maximum atomic E-state index is 8.04. The van der Waals surface area contributed by atoms with Crippen LogP contribution in [0, 0.1) is 11.8 Å². The van der Waals surface area contributed by atoms with Crippen molar-refractivity contribution < 1.29 is 25.8 Å². The van der Waals surface area contributed by atoms with Crippen molar-refractivity contribution in [2.75, 3.05) is 19.7 Å². The highest BCUT2D eigenvalue weighted by Gasteiger charge is 2.55. The molecular formula is C83H105NO6P2. The second-order valence-electron chi connectivity index (χ2n) is 35.7. The zero-order valence-corrected chi connectivity index (χ0v) is 61.8. The van der Waals surface area contributed by atoms with Crippen molar-refractivity contribution in [1.29, 1.82) is 0 Å². The van der Waals surface area contributed by atoms with Gasteiger partial charge in [-0.05, 0) is 129 Å². The summed E-state index contributed by atoms with van der Waals surface area (Å²) in [4.78, 5) is 2.72. The molecule has 7 nitrogen and oxygen atoms in total. The van der Waals surface area contributed by atoms with Gasteiger partial charge in [-0.1, -0.05) is 269 Å². The van der Waals surface area contributed by atoms with Crippen molar-refractivity contribution in [2.24, 2.45) is 11.8 Å². The summed E-state index contributed by atoms with van der Waals surface area (Å²) in [5.74, 6) is 1.21. The Morgan fingerprint density at radius 3 is 0.935 bits per heavy atom. The number of likely N-dealkylation sites (tertiary alicyclic amines) is 1. The minimum atomic E-state index is -2.18. The van der Waals surface area contributed by atoms with Gasteiger partial charge in [-0.2, -0.15) is 0 Å². The first kappa shape index (κ1) is 66.2. The van der Waals surface area contributed by atoms with Gasteiger partial charge in [0.15, 0.2) is 0 Å². The van der Waals surface area contributed by atoms with Crippen LogP contribution in [0.5, 0.6) is 0 Å². The molecular weight excluding hydrogens is 1170 g/mol. The van der Waals surface area contributed by atoms with Gasteiger partial charge >= 0.3 is 16.5 Å². The molecule has 0 N–H and O–H groups in total. The summed E-state index contributed by atoms with van der Waals surface area (Å²) in [6.45, 7) is 57.2. The molecule has 4 aliphatic rings. The highest BCUT2D eigenvalue weighted by Crippen LogP contribution is 2.61. The quantitative estimate of drug-likeness (QED) is 0.150. The van der Waals surface area contributed by atoms with Crippen LogP contribution in [0.2, 0.25) is 0 Å². The smallest absolute Gasteiger partial charge is 0.388 e. The summed E-state index contributed by atoms with van der Waals surface area (Å²) in [7, 11) is -4.29. The van der Waals surface area contributed by atoms with Crippen LogP contribution in [-0.4, -0.2) is 30.6 Å². The third-order valence-electron chi connectivity index (χ3n) is 20.4. The Bertz CT molecular complexity index is 4100. The second-order valence-corrected chi connectivity index (χ2v) is 37.8. The SMILES string of the molecule is CC(C)(C)c1cc(C(C)(C)C)c2op(OC[C@@H]([C@@H](Op3oc4c(C(C)(C)C)cc(C(C)(C)C)cc4c4cc(C(C)(C)C)cc(C(C)(C)C)c4o3)c3ccccc3)N3CC4C5c6ccccc6C(c6ccccc65)C4C3)oc3c(C(C)(C)C)cc(C(C)(C)C)cc3c2c1. The number of benzene rings is 7. The van der Waals surface area contributed by atoms with Gasteiger partial charge < -0.3 is 16.8 Å². The fourth-order valence-electron chi connectivity index (χ4n) is 15.0. The maximum absolute atomic E-state index is 8.04. The van der Waals surface area contributed by atoms with Crippen molar-refractivity contribution in [1.82, 2.24) is 4.90 Å². The van der Waals surface area contributed by atoms with E-state index in [0.29, 0.717) is 11.8 Å². The molecule has 0 spiro atoms. The predicted octanol–water partition coefficient (Wildman–Crippen LogP) is 23.8. The van der Waals surface area contributed by atoms with Crippen LogP contribution < -0.4 is 9.05 Å². The van der Waals surface area contributed by atoms with E-state index in [1.807, 2.05) is 0 Å². The van der Waals surface area contributed by atoms with Gasteiger partial charge in [0.2, 0.25) is 0 Å². The minimum Gasteiger partial charge on any atom is -0.399 e. The fraction of sp³-hybridized carbons (Fsp3) is 0.494. The third kappa shape index (κ3) is 12.4. The van der Waals surface area contributed by atoms with Crippen LogP contribution in [0.1, 0.15) is 256 Å². The van der Waals surface area contributed by atoms with Crippen molar-refractivity contribution in [3.63, 3.8) is 0 Å². The Kier molecular flexibility index (Phi) is 16.5. The van der Waals surface area contributed by atoms with Gasteiger partial charge in [-0.25, -0.2) is 0 Å². The molecule has 92 heavy (non-hydrogen) atoms. The van der Waals surface area contributed by atoms with E-state index in [-0.39, 0.29) is 67.8 Å². The van der Waals surface area contributed by atoms with Crippen LogP contribution in [0.4, 0.5) is 0 Å². The molecule has 4 atom stereocenters. The molecule has 9 aromatic rings. The van der Waals surface area contributed by atoms with Crippen LogP contribution in [0.25, 0.3) is 43.9 Å². The summed E-state index contributed by atoms with van der Waals surface area (Å²) in [6, 6.07) is 48.0. The van der Waals surface area contributed by atoms with Gasteiger partial charge in [0, 0.05) is 68.7 Å². The summed E-state index contributed by atoms with van der Waals surface area (Å²) in [5, 5.41) is 4.16. The average Bonchev–Trinajstić information content (AvgIpc) is 1.35. The fourth-order valence-corrected chi connectivity index (χ4v) is 17.4. The number of hydrogen-bond acceptors (Lipinski definition) is 7. The minimum absolute atomic E-state index is 0.142. The Labute approximate surface area is 552 Å². The van der Waals surface area contributed by atoms with E-state index in [4.69, 9.17) is 25.8 Å². The number of fused-ring (bicyclic) bond motifs is 6. The standard InChI is InChI=1S/C83H105NO6P2/c1-76(2,3)50-38-58-59-39-51(77(4,5)6)43-65(81(16,17)18)73(59)88-91(87-72(58)64(42-50)80(13,14)15)85-48-68(84-46-62-63(47-84)70-55-35-29-28-34-54(55)69(62)56-36-30-31-37-57(56)70)71(49-32-26-25-27-33-49)86-92-89-74-60(40-52(78(7,8)9)44-66(74)82(19,20)21)61-41-53(79(10,11)12)45-67(75(61)90-92)83(22,23)24/h25-45,62-63,68-71H,46-48H2,1-24H3/t62?,63?,68-,69?,70?,71-/m0/s1. The molecule has 488 valence electrons. The van der Waals surface area contributed by atoms with E-state index in [0.717, 1.165) is 84.8 Å². The molecule has 2 bridgehead atoms. The van der Waals surface area contributed by atoms with Crippen LogP contribution in [-0.2, 0) is 43.3 Å². The van der Waals surface area contributed by atoms with Gasteiger partial charge in [0.05, 0.1) is 12.6 Å². The van der Waals surface area contributed by atoms with E-state index >= 15 is 0 Å². The Morgan fingerprint density at radius 1 is 0.370 bits per heavy atom. The monoisotopic (exact) mass is 1270 g/mol. The lowest BCUT2D eigenvalue weighted by atomic mass is 9.55. The van der Waals surface area contributed by atoms with Crippen molar-refractivity contribution in [3.05, 3.63) is 200 Å². The largest absolute Gasteiger partial charge is 0.399 e. The molecule has 1 aliphatic heterocycles. The topological polar surface area (TPSA) is 74.3 Å². The molecule has 1 fully saturated rings. The number of nitrogens with zero attached hydrogens (tertiary/aromatic N) is 1. The maximum Gasteiger partial charge on any atom is 0.388 e. The van der Waals surface area contributed by atoms with E-state index in [1.54, 1.807) is 0 Å². The van der Waals surface area contributed by atoms with Gasteiger partial charge in [0.1, 0.15) is 28.4 Å². The predicted molar refractivity (Wildman–Crippen MR) is 388 cm³/mol. The molecule has 2 aromatic heterocycles. The van der Waals surface area contributed by atoms with Gasteiger partial charge in [-0.3, -0.25) is 13.9 Å². The molecule has 3 aliphatic carbocycles. The van der Waals surface area contributed by atoms with Crippen LogP contribution in [0.3, 0.4) is 0 Å². The molecule has 1 saturated heterocycles. The first-order valence-electron chi connectivity index (χ1n) is 34.0. The lowest BCUT2D eigenvalue weighted by Crippen LogP contribution is -2.44. The Hall–Kier alpha value is -5.78. The second kappa shape index (κ2) is 23.0. The average molecular weight is 1270 g/mol. The van der Waals surface area contributed by atoms with E-state index < -0.39 is 22.6 Å². The van der Waals surface area contributed by atoms with Crippen LogP contribution >= 0.6 is 16.5 Å². The van der Waals surface area contributed by atoms with Crippen molar-refractivity contribution in [2.45, 2.75) is 233 Å². The molecule has 3 heterocycles. The molecule has 0 amide bonds. The van der Waals surface area contributed by atoms with Crippen molar-refractivity contribution >= 4 is 60.4 Å². The van der Waals surface area contributed by atoms with Crippen molar-refractivity contribution in [3.8, 4) is 0 Å². The lowest BCUT2D eigenvalue weighted by molar-refractivity contribution is 0.0757. The zero-order valence-electron chi connectivity index (χ0n) is 60.0. The molecule has 0 saturated carbocycles.